The smallest absolute Gasteiger partial charge is 0.171 e. The van der Waals surface area contributed by atoms with Crippen LogP contribution in [-0.4, -0.2) is 10.2 Å². The van der Waals surface area contributed by atoms with Crippen molar-refractivity contribution in [1.29, 1.82) is 10.5 Å². The topological polar surface area (TPSA) is 85.5 Å². The van der Waals surface area contributed by atoms with Gasteiger partial charge in [-0.2, -0.15) is 15.6 Å². The Balaban J connectivity index is 2.45. The van der Waals surface area contributed by atoms with E-state index in [-0.39, 0.29) is 5.92 Å². The van der Waals surface area contributed by atoms with E-state index in [4.69, 9.17) is 15.3 Å². The highest BCUT2D eigenvalue weighted by atomic mass is 16.5. The van der Waals surface area contributed by atoms with Crippen LogP contribution in [0.2, 0.25) is 0 Å². The average Bonchev–Trinajstić information content (AvgIpc) is 2.89. The first kappa shape index (κ1) is 14.6. The number of aromatic nitrogens is 2. The Hall–Kier alpha value is -2.79. The molecular formula is C16H16N4O. The lowest BCUT2D eigenvalue weighted by Gasteiger charge is -2.10. The second-order valence-corrected chi connectivity index (χ2v) is 5.00. The van der Waals surface area contributed by atoms with Crippen LogP contribution in [0.25, 0.3) is 0 Å². The molecule has 5 heteroatoms. The molecule has 1 N–H and O–H groups in total. The minimum atomic E-state index is 0.214. The van der Waals surface area contributed by atoms with Crippen LogP contribution in [0, 0.1) is 22.7 Å². The summed E-state index contributed by atoms with van der Waals surface area (Å²) in [5.41, 5.74) is 2.54. The molecule has 0 aliphatic rings. The second-order valence-electron chi connectivity index (χ2n) is 5.00. The van der Waals surface area contributed by atoms with Crippen LogP contribution in [-0.2, 0) is 6.42 Å². The summed E-state index contributed by atoms with van der Waals surface area (Å²) in [5, 5.41) is 25.3. The zero-order valence-corrected chi connectivity index (χ0v) is 12.3. The molecule has 1 aromatic heterocycles. The Morgan fingerprint density at radius 3 is 2.29 bits per heavy atom. The molecule has 0 atom stereocenters. The van der Waals surface area contributed by atoms with E-state index in [2.05, 4.69) is 10.2 Å². The van der Waals surface area contributed by atoms with Crippen molar-refractivity contribution in [2.24, 2.45) is 0 Å². The van der Waals surface area contributed by atoms with E-state index < -0.39 is 0 Å². The van der Waals surface area contributed by atoms with Gasteiger partial charge in [-0.15, -0.1) is 0 Å². The fourth-order valence-electron chi connectivity index (χ4n) is 2.03. The number of benzene rings is 1. The van der Waals surface area contributed by atoms with Crippen molar-refractivity contribution in [2.45, 2.75) is 33.1 Å². The molecule has 0 amide bonds. The first-order valence-electron chi connectivity index (χ1n) is 6.79. The zero-order valence-electron chi connectivity index (χ0n) is 12.3. The summed E-state index contributed by atoms with van der Waals surface area (Å²) in [4.78, 5) is 0. The van der Waals surface area contributed by atoms with Gasteiger partial charge in [0.1, 0.15) is 11.4 Å². The van der Waals surface area contributed by atoms with Crippen LogP contribution >= 0.6 is 0 Å². The van der Waals surface area contributed by atoms with Crippen LogP contribution in [0.5, 0.6) is 11.5 Å². The number of nitrogens with one attached hydrogen (secondary N) is 1. The number of aromatic amines is 1. The third-order valence-electron chi connectivity index (χ3n) is 3.10. The number of aryl methyl sites for hydroxylation is 1. The molecule has 5 nitrogen and oxygen atoms in total. The number of nitrogens with zero attached hydrogens (tertiary/aromatic N) is 3. The fourth-order valence-corrected chi connectivity index (χ4v) is 2.03. The van der Waals surface area contributed by atoms with E-state index in [9.17, 15) is 0 Å². The van der Waals surface area contributed by atoms with Gasteiger partial charge in [-0.05, 0) is 24.6 Å². The molecule has 0 unspecified atom stereocenters. The van der Waals surface area contributed by atoms with Crippen molar-refractivity contribution in [3.05, 3.63) is 40.7 Å². The van der Waals surface area contributed by atoms with Gasteiger partial charge < -0.3 is 4.74 Å². The van der Waals surface area contributed by atoms with Crippen LogP contribution in [0.15, 0.2) is 18.2 Å². The Labute approximate surface area is 123 Å². The third kappa shape index (κ3) is 3.04. The SMILES string of the molecule is CCc1[nH]nc(C(C)C)c1Oc1cc(C#N)cc(C#N)c1. The average molecular weight is 280 g/mol. The van der Waals surface area contributed by atoms with Gasteiger partial charge in [-0.25, -0.2) is 0 Å². The molecule has 0 saturated heterocycles. The molecule has 0 aliphatic carbocycles. The lowest BCUT2D eigenvalue weighted by atomic mass is 10.1. The lowest BCUT2D eigenvalue weighted by Crippen LogP contribution is -1.95. The first-order valence-corrected chi connectivity index (χ1v) is 6.79. The van der Waals surface area contributed by atoms with Crippen molar-refractivity contribution in [2.75, 3.05) is 0 Å². The van der Waals surface area contributed by atoms with Crippen molar-refractivity contribution in [3.8, 4) is 23.6 Å². The quantitative estimate of drug-likeness (QED) is 0.926. The maximum atomic E-state index is 9.02. The van der Waals surface area contributed by atoms with Crippen LogP contribution in [0.1, 0.15) is 49.2 Å². The van der Waals surface area contributed by atoms with E-state index >= 15 is 0 Å². The monoisotopic (exact) mass is 280 g/mol. The van der Waals surface area contributed by atoms with Gasteiger partial charge in [0.05, 0.1) is 29.0 Å². The normalized spacial score (nSPS) is 10.2. The summed E-state index contributed by atoms with van der Waals surface area (Å²) in [6, 6.07) is 8.85. The number of ether oxygens (including phenoxy) is 1. The summed E-state index contributed by atoms with van der Waals surface area (Å²) < 4.78 is 5.92. The van der Waals surface area contributed by atoms with E-state index in [1.807, 2.05) is 32.9 Å². The number of hydrogen-bond donors (Lipinski definition) is 1. The molecule has 0 bridgehead atoms. The summed E-state index contributed by atoms with van der Waals surface area (Å²) >= 11 is 0. The van der Waals surface area contributed by atoms with Crippen LogP contribution in [0.4, 0.5) is 0 Å². The zero-order chi connectivity index (χ0) is 15.4. The maximum Gasteiger partial charge on any atom is 0.171 e. The highest BCUT2D eigenvalue weighted by molar-refractivity contribution is 5.48. The molecule has 21 heavy (non-hydrogen) atoms. The molecule has 1 aromatic carbocycles. The van der Waals surface area contributed by atoms with E-state index in [1.165, 1.54) is 6.07 Å². The number of nitriles is 2. The van der Waals surface area contributed by atoms with Gasteiger partial charge in [0, 0.05) is 5.92 Å². The fraction of sp³-hybridized carbons (Fsp3) is 0.312. The van der Waals surface area contributed by atoms with Gasteiger partial charge in [0.15, 0.2) is 5.75 Å². The predicted octanol–water partition coefficient (Wildman–Crippen LogP) is 3.63. The first-order chi connectivity index (χ1) is 10.1. The third-order valence-corrected chi connectivity index (χ3v) is 3.10. The second kappa shape index (κ2) is 6.11. The standard InChI is InChI=1S/C16H16N4O/c1-4-14-16(15(10(2)3)20-19-14)21-13-6-11(8-17)5-12(7-13)9-18/h5-7,10H,4H2,1-3H3,(H,19,20). The summed E-state index contributed by atoms with van der Waals surface area (Å²) in [5.74, 6) is 1.38. The van der Waals surface area contributed by atoms with E-state index in [0.717, 1.165) is 17.8 Å². The molecule has 1 heterocycles. The summed E-state index contributed by atoms with van der Waals surface area (Å²) in [6.07, 6.45) is 0.762. The van der Waals surface area contributed by atoms with Crippen molar-refractivity contribution < 1.29 is 4.74 Å². The Morgan fingerprint density at radius 1 is 1.19 bits per heavy atom. The van der Waals surface area contributed by atoms with Gasteiger partial charge in [0.2, 0.25) is 0 Å². The van der Waals surface area contributed by atoms with Crippen molar-refractivity contribution >= 4 is 0 Å². The minimum absolute atomic E-state index is 0.214. The molecule has 0 saturated carbocycles. The highest BCUT2D eigenvalue weighted by Gasteiger charge is 2.17. The van der Waals surface area contributed by atoms with Crippen molar-refractivity contribution in [1.82, 2.24) is 10.2 Å². The summed E-state index contributed by atoms with van der Waals surface area (Å²) in [7, 11) is 0. The highest BCUT2D eigenvalue weighted by Crippen LogP contribution is 2.33. The number of H-pyrrole nitrogens is 1. The molecule has 2 rings (SSSR count). The van der Waals surface area contributed by atoms with Crippen molar-refractivity contribution in [3.63, 3.8) is 0 Å². The van der Waals surface area contributed by atoms with Gasteiger partial charge in [-0.1, -0.05) is 20.8 Å². The van der Waals surface area contributed by atoms with Gasteiger partial charge in [0.25, 0.3) is 0 Å². The largest absolute Gasteiger partial charge is 0.453 e. The van der Waals surface area contributed by atoms with Gasteiger partial charge >= 0.3 is 0 Å². The summed E-state index contributed by atoms with van der Waals surface area (Å²) in [6.45, 7) is 6.08. The number of rotatable bonds is 4. The van der Waals surface area contributed by atoms with E-state index in [0.29, 0.717) is 22.6 Å². The number of hydrogen-bond acceptors (Lipinski definition) is 4. The maximum absolute atomic E-state index is 9.02. The molecule has 106 valence electrons. The molecule has 0 aliphatic heterocycles. The molecule has 0 radical (unpaired) electrons. The molecular weight excluding hydrogens is 264 g/mol. The van der Waals surface area contributed by atoms with Gasteiger partial charge in [-0.3, -0.25) is 5.10 Å². The Bertz CT molecular complexity index is 699. The molecule has 0 fully saturated rings. The Morgan fingerprint density at radius 2 is 1.81 bits per heavy atom. The molecule has 0 spiro atoms. The Kier molecular flexibility index (Phi) is 4.25. The predicted molar refractivity (Wildman–Crippen MR) is 78.0 cm³/mol. The van der Waals surface area contributed by atoms with Crippen LogP contribution in [0.3, 0.4) is 0 Å². The molecule has 2 aromatic rings. The van der Waals surface area contributed by atoms with E-state index in [1.54, 1.807) is 12.1 Å². The van der Waals surface area contributed by atoms with Crippen LogP contribution < -0.4 is 4.74 Å². The lowest BCUT2D eigenvalue weighted by molar-refractivity contribution is 0.467. The minimum Gasteiger partial charge on any atom is -0.453 e.